The number of aromatic nitrogens is 2. The maximum atomic E-state index is 12.7. The molecule has 0 fully saturated rings. The fourth-order valence-electron chi connectivity index (χ4n) is 3.23. The molecule has 2 aromatic rings. The Bertz CT molecular complexity index is 1160. The maximum Gasteiger partial charge on any atom is 0.276 e. The lowest BCUT2D eigenvalue weighted by Gasteiger charge is -2.24. The van der Waals surface area contributed by atoms with E-state index in [1.807, 2.05) is 0 Å². The number of nitrogens with zero attached hydrogens (tertiary/aromatic N) is 2. The highest BCUT2D eigenvalue weighted by Crippen LogP contribution is 2.39. The number of carbonyl (C=O) groups is 1. The van der Waals surface area contributed by atoms with E-state index >= 15 is 0 Å². The molecule has 0 bridgehead atoms. The molecule has 1 aliphatic rings. The Morgan fingerprint density at radius 3 is 2.69 bits per heavy atom. The molecule has 3 rings (SSSR count). The molecule has 0 aliphatic carbocycles. The van der Waals surface area contributed by atoms with Crippen molar-refractivity contribution in [2.45, 2.75) is 30.8 Å². The van der Waals surface area contributed by atoms with E-state index < -0.39 is 37.3 Å². The molecule has 29 heavy (non-hydrogen) atoms. The van der Waals surface area contributed by atoms with E-state index in [2.05, 4.69) is 15.3 Å². The van der Waals surface area contributed by atoms with Gasteiger partial charge in [0.2, 0.25) is 20.9 Å². The van der Waals surface area contributed by atoms with E-state index in [4.69, 9.17) is 4.74 Å². The molecule has 0 saturated heterocycles. The average molecular weight is 422 g/mol. The summed E-state index contributed by atoms with van der Waals surface area (Å²) in [6.07, 6.45) is 0.0855. The normalized spacial score (nSPS) is 16.1. The van der Waals surface area contributed by atoms with E-state index in [0.717, 1.165) is 0 Å². The van der Waals surface area contributed by atoms with Gasteiger partial charge in [0, 0.05) is 17.9 Å². The van der Waals surface area contributed by atoms with E-state index in [9.17, 15) is 28.1 Å². The van der Waals surface area contributed by atoms with Crippen molar-refractivity contribution in [3.8, 4) is 5.75 Å². The quantitative estimate of drug-likeness (QED) is 0.400. The number of rotatable bonds is 6. The molecular formula is C17H18N4O7S. The fourth-order valence-corrected chi connectivity index (χ4v) is 4.44. The number of nitro groups is 1. The molecule has 1 atom stereocenters. The summed E-state index contributed by atoms with van der Waals surface area (Å²) in [7, 11) is -2.48. The van der Waals surface area contributed by atoms with Gasteiger partial charge in [0.05, 0.1) is 29.4 Å². The number of sulfone groups is 1. The number of fused-ring (bicyclic) bond motifs is 1. The number of methoxy groups -OCH3 is 1. The van der Waals surface area contributed by atoms with E-state index in [1.54, 1.807) is 6.92 Å². The number of nitrogens with one attached hydrogen (secondary N) is 2. The summed E-state index contributed by atoms with van der Waals surface area (Å²) in [5.41, 5.74) is -1.01. The van der Waals surface area contributed by atoms with Crippen LogP contribution in [0.3, 0.4) is 0 Å². The van der Waals surface area contributed by atoms with Gasteiger partial charge >= 0.3 is 0 Å². The molecule has 2 heterocycles. The van der Waals surface area contributed by atoms with Gasteiger partial charge in [-0.05, 0) is 18.6 Å². The second-order valence-corrected chi connectivity index (χ2v) is 8.46. The topological polar surface area (TPSA) is 161 Å². The molecule has 154 valence electrons. The van der Waals surface area contributed by atoms with Crippen LogP contribution in [-0.4, -0.2) is 42.1 Å². The Balaban J connectivity index is 2.21. The van der Waals surface area contributed by atoms with Crippen LogP contribution in [0.2, 0.25) is 0 Å². The van der Waals surface area contributed by atoms with E-state index in [-0.39, 0.29) is 40.6 Å². The summed E-state index contributed by atoms with van der Waals surface area (Å²) in [6, 6.07) is 4.09. The summed E-state index contributed by atoms with van der Waals surface area (Å²) in [6.45, 7) is 1.66. The number of nitro benzene ring substituents is 1. The molecule has 1 aromatic heterocycles. The van der Waals surface area contributed by atoms with Gasteiger partial charge in [0.15, 0.2) is 0 Å². The van der Waals surface area contributed by atoms with Gasteiger partial charge in [0.25, 0.3) is 11.2 Å². The predicted molar refractivity (Wildman–Crippen MR) is 102 cm³/mol. The first-order chi connectivity index (χ1) is 13.7. The smallest absolute Gasteiger partial charge is 0.276 e. The minimum Gasteiger partial charge on any atom is -0.497 e. The van der Waals surface area contributed by atoms with Crippen LogP contribution in [0.1, 0.15) is 36.8 Å². The highest BCUT2D eigenvalue weighted by atomic mass is 32.2. The van der Waals surface area contributed by atoms with Crippen molar-refractivity contribution < 1.29 is 22.9 Å². The van der Waals surface area contributed by atoms with Crippen molar-refractivity contribution >= 4 is 27.2 Å². The Hall–Kier alpha value is -3.28. The van der Waals surface area contributed by atoms with Crippen molar-refractivity contribution in [1.82, 2.24) is 9.97 Å². The number of anilines is 1. The van der Waals surface area contributed by atoms with Gasteiger partial charge in [-0.3, -0.25) is 24.7 Å². The Kier molecular flexibility index (Phi) is 5.38. The molecule has 1 aliphatic heterocycles. The van der Waals surface area contributed by atoms with Crippen LogP contribution in [0.4, 0.5) is 11.5 Å². The summed E-state index contributed by atoms with van der Waals surface area (Å²) >= 11 is 0. The SMILES string of the molecule is CCCS(=O)(=O)c1nc2c(c(=O)[nH]1)[C@H](c1ccc(OC)cc1[N+](=O)[O-])CC(=O)N2. The second kappa shape index (κ2) is 7.62. The Morgan fingerprint density at radius 2 is 2.07 bits per heavy atom. The minimum absolute atomic E-state index is 0.0340. The molecule has 0 unspecified atom stereocenters. The van der Waals surface area contributed by atoms with Crippen LogP contribution < -0.4 is 15.6 Å². The number of ether oxygens (including phenoxy) is 1. The summed E-state index contributed by atoms with van der Waals surface area (Å²) in [4.78, 5) is 42.0. The zero-order valence-electron chi connectivity index (χ0n) is 15.6. The van der Waals surface area contributed by atoms with Crippen molar-refractivity contribution in [1.29, 1.82) is 0 Å². The van der Waals surface area contributed by atoms with Crippen LogP contribution in [0.5, 0.6) is 5.75 Å². The highest BCUT2D eigenvalue weighted by Gasteiger charge is 2.36. The van der Waals surface area contributed by atoms with Crippen LogP contribution >= 0.6 is 0 Å². The van der Waals surface area contributed by atoms with Gasteiger partial charge in [-0.25, -0.2) is 13.4 Å². The van der Waals surface area contributed by atoms with Crippen LogP contribution in [0.15, 0.2) is 28.2 Å². The first kappa shape index (κ1) is 20.5. The predicted octanol–water partition coefficient (Wildman–Crippen LogP) is 1.34. The molecule has 12 heteroatoms. The second-order valence-electron chi connectivity index (χ2n) is 6.44. The minimum atomic E-state index is -3.84. The molecule has 0 saturated carbocycles. The summed E-state index contributed by atoms with van der Waals surface area (Å²) in [5, 5.41) is 13.4. The van der Waals surface area contributed by atoms with Gasteiger partial charge in [0.1, 0.15) is 11.6 Å². The third-order valence-electron chi connectivity index (χ3n) is 4.51. The van der Waals surface area contributed by atoms with E-state index in [1.165, 1.54) is 25.3 Å². The molecule has 2 N–H and O–H groups in total. The number of hydrogen-bond donors (Lipinski definition) is 2. The lowest BCUT2D eigenvalue weighted by molar-refractivity contribution is -0.385. The van der Waals surface area contributed by atoms with Gasteiger partial charge < -0.3 is 10.1 Å². The lowest BCUT2D eigenvalue weighted by atomic mass is 9.86. The molecular weight excluding hydrogens is 404 g/mol. The zero-order chi connectivity index (χ0) is 21.3. The third-order valence-corrected chi connectivity index (χ3v) is 6.23. The Labute approximate surface area is 165 Å². The monoisotopic (exact) mass is 422 g/mol. The first-order valence-corrected chi connectivity index (χ1v) is 10.3. The van der Waals surface area contributed by atoms with Crippen LogP contribution in [0.25, 0.3) is 0 Å². The molecule has 1 aromatic carbocycles. The van der Waals surface area contributed by atoms with Crippen molar-refractivity contribution in [2.75, 3.05) is 18.2 Å². The van der Waals surface area contributed by atoms with Crippen molar-refractivity contribution in [2.24, 2.45) is 0 Å². The fraction of sp³-hybridized carbons (Fsp3) is 0.353. The van der Waals surface area contributed by atoms with Gasteiger partial charge in [-0.15, -0.1) is 0 Å². The maximum absolute atomic E-state index is 12.7. The Morgan fingerprint density at radius 1 is 1.34 bits per heavy atom. The van der Waals surface area contributed by atoms with Gasteiger partial charge in [-0.2, -0.15) is 0 Å². The summed E-state index contributed by atoms with van der Waals surface area (Å²) < 4.78 is 29.5. The zero-order valence-corrected chi connectivity index (χ0v) is 16.4. The molecule has 11 nitrogen and oxygen atoms in total. The number of amides is 1. The van der Waals surface area contributed by atoms with Gasteiger partial charge in [-0.1, -0.05) is 6.92 Å². The number of H-pyrrole nitrogens is 1. The van der Waals surface area contributed by atoms with E-state index in [0.29, 0.717) is 6.42 Å². The number of aromatic amines is 1. The average Bonchev–Trinajstić information content (AvgIpc) is 2.66. The molecule has 1 amide bonds. The third kappa shape index (κ3) is 3.83. The van der Waals surface area contributed by atoms with Crippen LogP contribution in [-0.2, 0) is 14.6 Å². The summed E-state index contributed by atoms with van der Waals surface area (Å²) in [5.74, 6) is -1.70. The van der Waals surface area contributed by atoms with Crippen molar-refractivity contribution in [3.05, 3.63) is 49.8 Å². The van der Waals surface area contributed by atoms with Crippen LogP contribution in [0, 0.1) is 10.1 Å². The van der Waals surface area contributed by atoms with Crippen molar-refractivity contribution in [3.63, 3.8) is 0 Å². The number of benzene rings is 1. The largest absolute Gasteiger partial charge is 0.497 e. The lowest BCUT2D eigenvalue weighted by Crippen LogP contribution is -2.33. The number of carbonyl (C=O) groups excluding carboxylic acids is 1. The standard InChI is InChI=1S/C17H18N4O7S/c1-3-6-29(26,27)17-19-15-14(16(23)20-17)11(8-13(22)18-15)10-5-4-9(28-2)7-12(10)21(24)25/h4-5,7,11H,3,6,8H2,1-2H3,(H2,18,19,20,22,23)/t11-/m0/s1. The number of hydrogen-bond acceptors (Lipinski definition) is 8. The molecule has 0 spiro atoms. The molecule has 0 radical (unpaired) electrons. The highest BCUT2D eigenvalue weighted by molar-refractivity contribution is 7.91. The first-order valence-electron chi connectivity index (χ1n) is 8.67.